The van der Waals surface area contributed by atoms with E-state index in [1.165, 1.54) is 0 Å². The summed E-state index contributed by atoms with van der Waals surface area (Å²) in [5, 5.41) is 7.68. The van der Waals surface area contributed by atoms with Gasteiger partial charge in [-0.05, 0) is 17.7 Å². The summed E-state index contributed by atoms with van der Waals surface area (Å²) in [5.41, 5.74) is 1.13. The third-order valence-corrected chi connectivity index (χ3v) is 2.65. The fourth-order valence-corrected chi connectivity index (χ4v) is 1.56. The fourth-order valence-electron chi connectivity index (χ4n) is 1.19. The lowest BCUT2D eigenvalue weighted by molar-refractivity contribution is 0.473. The van der Waals surface area contributed by atoms with E-state index in [-0.39, 0.29) is 5.88 Å². The number of alkyl halides is 1. The number of benzene rings is 1. The zero-order chi connectivity index (χ0) is 10.7. The number of halogens is 2. The SMILES string of the molecule is ClCc1nnc(Cc2ccc(Br)cc2)o1. The first-order valence-corrected chi connectivity index (χ1v) is 5.72. The topological polar surface area (TPSA) is 38.9 Å². The highest BCUT2D eigenvalue weighted by molar-refractivity contribution is 9.10. The fraction of sp³-hybridized carbons (Fsp3) is 0.200. The van der Waals surface area contributed by atoms with Crippen molar-refractivity contribution in [1.29, 1.82) is 0 Å². The highest BCUT2D eigenvalue weighted by atomic mass is 79.9. The maximum Gasteiger partial charge on any atom is 0.231 e. The molecule has 0 unspecified atom stereocenters. The molecule has 2 rings (SSSR count). The zero-order valence-corrected chi connectivity index (χ0v) is 10.1. The number of rotatable bonds is 3. The molecule has 0 N–H and O–H groups in total. The van der Waals surface area contributed by atoms with Gasteiger partial charge in [-0.2, -0.15) is 0 Å². The Labute approximate surface area is 101 Å². The Hall–Kier alpha value is -0.870. The van der Waals surface area contributed by atoms with Gasteiger partial charge in [0.1, 0.15) is 5.88 Å². The first kappa shape index (κ1) is 10.6. The Morgan fingerprint density at radius 3 is 2.40 bits per heavy atom. The van der Waals surface area contributed by atoms with Gasteiger partial charge in [-0.1, -0.05) is 28.1 Å². The van der Waals surface area contributed by atoms with E-state index < -0.39 is 0 Å². The van der Waals surface area contributed by atoms with Gasteiger partial charge in [0.15, 0.2) is 0 Å². The van der Waals surface area contributed by atoms with Crippen molar-refractivity contribution in [3.63, 3.8) is 0 Å². The van der Waals surface area contributed by atoms with Crippen molar-refractivity contribution in [1.82, 2.24) is 10.2 Å². The van der Waals surface area contributed by atoms with Gasteiger partial charge in [-0.3, -0.25) is 0 Å². The molecule has 0 saturated heterocycles. The first-order valence-electron chi connectivity index (χ1n) is 4.39. The summed E-state index contributed by atoms with van der Waals surface area (Å²) >= 11 is 8.94. The molecular weight excluding hydrogens is 279 g/mol. The molecule has 1 aromatic carbocycles. The Morgan fingerprint density at radius 2 is 1.80 bits per heavy atom. The molecule has 0 amide bonds. The average Bonchev–Trinajstić information content (AvgIpc) is 2.69. The van der Waals surface area contributed by atoms with Crippen LogP contribution in [0.15, 0.2) is 33.2 Å². The molecule has 0 radical (unpaired) electrons. The van der Waals surface area contributed by atoms with E-state index in [2.05, 4.69) is 26.1 Å². The molecule has 1 aromatic heterocycles. The highest BCUT2D eigenvalue weighted by Crippen LogP contribution is 2.13. The maximum absolute atomic E-state index is 5.56. The molecule has 0 spiro atoms. The molecular formula is C10H8BrClN2O. The predicted molar refractivity (Wildman–Crippen MR) is 60.8 cm³/mol. The number of hydrogen-bond donors (Lipinski definition) is 0. The van der Waals surface area contributed by atoms with Crippen LogP contribution in [0, 0.1) is 0 Å². The van der Waals surface area contributed by atoms with Crippen molar-refractivity contribution >= 4 is 27.5 Å². The van der Waals surface area contributed by atoms with Crippen LogP contribution >= 0.6 is 27.5 Å². The van der Waals surface area contributed by atoms with Gasteiger partial charge in [-0.15, -0.1) is 21.8 Å². The summed E-state index contributed by atoms with van der Waals surface area (Å²) in [4.78, 5) is 0. The lowest BCUT2D eigenvalue weighted by Gasteiger charge is -1.96. The molecule has 0 fully saturated rings. The van der Waals surface area contributed by atoms with E-state index in [0.717, 1.165) is 10.0 Å². The van der Waals surface area contributed by atoms with Gasteiger partial charge >= 0.3 is 0 Å². The Kier molecular flexibility index (Phi) is 3.38. The minimum Gasteiger partial charge on any atom is -0.424 e. The monoisotopic (exact) mass is 286 g/mol. The average molecular weight is 288 g/mol. The molecule has 3 nitrogen and oxygen atoms in total. The summed E-state index contributed by atoms with van der Waals surface area (Å²) in [7, 11) is 0. The van der Waals surface area contributed by atoms with Crippen LogP contribution in [0.25, 0.3) is 0 Å². The van der Waals surface area contributed by atoms with E-state index in [1.54, 1.807) is 0 Å². The smallest absolute Gasteiger partial charge is 0.231 e. The van der Waals surface area contributed by atoms with Gasteiger partial charge in [-0.25, -0.2) is 0 Å². The summed E-state index contributed by atoms with van der Waals surface area (Å²) in [6.45, 7) is 0. The second kappa shape index (κ2) is 4.77. The summed E-state index contributed by atoms with van der Waals surface area (Å²) in [5.74, 6) is 1.31. The Bertz CT molecular complexity index is 441. The van der Waals surface area contributed by atoms with Crippen LogP contribution in [0.1, 0.15) is 17.3 Å². The molecule has 5 heteroatoms. The van der Waals surface area contributed by atoms with E-state index in [4.69, 9.17) is 16.0 Å². The van der Waals surface area contributed by atoms with Crippen LogP contribution in [0.5, 0.6) is 0 Å². The second-order valence-corrected chi connectivity index (χ2v) is 4.21. The number of nitrogens with zero attached hydrogens (tertiary/aromatic N) is 2. The minimum absolute atomic E-state index is 0.257. The zero-order valence-electron chi connectivity index (χ0n) is 7.78. The third-order valence-electron chi connectivity index (χ3n) is 1.89. The van der Waals surface area contributed by atoms with Crippen molar-refractivity contribution in [2.75, 3.05) is 0 Å². The molecule has 0 aliphatic carbocycles. The Morgan fingerprint density at radius 1 is 1.13 bits per heavy atom. The van der Waals surface area contributed by atoms with Gasteiger partial charge in [0.05, 0.1) is 6.42 Å². The minimum atomic E-state index is 0.257. The molecule has 0 bridgehead atoms. The van der Waals surface area contributed by atoms with Crippen LogP contribution in [-0.2, 0) is 12.3 Å². The molecule has 0 aliphatic rings. The van der Waals surface area contributed by atoms with E-state index in [0.29, 0.717) is 18.2 Å². The van der Waals surface area contributed by atoms with Crippen LogP contribution < -0.4 is 0 Å². The van der Waals surface area contributed by atoms with E-state index in [9.17, 15) is 0 Å². The lowest BCUT2D eigenvalue weighted by atomic mass is 10.2. The summed E-state index contributed by atoms with van der Waals surface area (Å²) in [6.07, 6.45) is 0.636. The molecule has 1 heterocycles. The predicted octanol–water partition coefficient (Wildman–Crippen LogP) is 3.16. The molecule has 0 atom stereocenters. The summed E-state index contributed by atoms with van der Waals surface area (Å²) < 4.78 is 6.35. The van der Waals surface area contributed by atoms with Crippen molar-refractivity contribution in [2.45, 2.75) is 12.3 Å². The maximum atomic E-state index is 5.56. The van der Waals surface area contributed by atoms with Crippen molar-refractivity contribution in [2.24, 2.45) is 0 Å². The first-order chi connectivity index (χ1) is 7.28. The number of hydrogen-bond acceptors (Lipinski definition) is 3. The molecule has 0 aliphatic heterocycles. The largest absolute Gasteiger partial charge is 0.424 e. The third kappa shape index (κ3) is 2.79. The van der Waals surface area contributed by atoms with Crippen molar-refractivity contribution < 1.29 is 4.42 Å². The molecule has 2 aromatic rings. The number of aromatic nitrogens is 2. The standard InChI is InChI=1S/C10H8BrClN2O/c11-8-3-1-7(2-4-8)5-9-13-14-10(6-12)15-9/h1-4H,5-6H2. The van der Waals surface area contributed by atoms with Gasteiger partial charge in [0.25, 0.3) is 0 Å². The van der Waals surface area contributed by atoms with Crippen LogP contribution in [0.3, 0.4) is 0 Å². The van der Waals surface area contributed by atoms with Gasteiger partial charge < -0.3 is 4.42 Å². The van der Waals surface area contributed by atoms with Crippen LogP contribution in [-0.4, -0.2) is 10.2 Å². The van der Waals surface area contributed by atoms with Crippen LogP contribution in [0.4, 0.5) is 0 Å². The molecule has 15 heavy (non-hydrogen) atoms. The summed E-state index contributed by atoms with van der Waals surface area (Å²) in [6, 6.07) is 7.98. The lowest BCUT2D eigenvalue weighted by Crippen LogP contribution is -1.87. The highest BCUT2D eigenvalue weighted by Gasteiger charge is 2.05. The van der Waals surface area contributed by atoms with Crippen molar-refractivity contribution in [3.05, 3.63) is 46.1 Å². The quantitative estimate of drug-likeness (QED) is 0.814. The second-order valence-electron chi connectivity index (χ2n) is 3.03. The Balaban J connectivity index is 2.11. The van der Waals surface area contributed by atoms with Gasteiger partial charge in [0.2, 0.25) is 11.8 Å². The van der Waals surface area contributed by atoms with E-state index in [1.807, 2.05) is 24.3 Å². The normalized spacial score (nSPS) is 10.5. The van der Waals surface area contributed by atoms with E-state index >= 15 is 0 Å². The molecule has 0 saturated carbocycles. The van der Waals surface area contributed by atoms with Crippen LogP contribution in [0.2, 0.25) is 0 Å². The molecule has 78 valence electrons. The van der Waals surface area contributed by atoms with Gasteiger partial charge in [0, 0.05) is 4.47 Å². The van der Waals surface area contributed by atoms with Crippen molar-refractivity contribution in [3.8, 4) is 0 Å².